The van der Waals surface area contributed by atoms with Crippen molar-refractivity contribution in [3.63, 3.8) is 0 Å². The smallest absolute Gasteiger partial charge is 0.0562 e. The minimum atomic E-state index is 0.157. The fourth-order valence-electron chi connectivity index (χ4n) is 1.78. The Morgan fingerprint density at radius 2 is 2.00 bits per heavy atom. The molecule has 0 aliphatic heterocycles. The van der Waals surface area contributed by atoms with Crippen LogP contribution in [0.25, 0.3) is 0 Å². The van der Waals surface area contributed by atoms with E-state index in [1.165, 1.54) is 11.1 Å². The second kappa shape index (κ2) is 4.45. The third-order valence-corrected chi connectivity index (χ3v) is 2.72. The molecule has 2 unspecified atom stereocenters. The molecule has 0 bridgehead atoms. The summed E-state index contributed by atoms with van der Waals surface area (Å²) in [4.78, 5) is 0. The summed E-state index contributed by atoms with van der Waals surface area (Å²) in [6, 6.07) is 16.6. The lowest BCUT2D eigenvalue weighted by molar-refractivity contribution is 0.00617. The fourth-order valence-corrected chi connectivity index (χ4v) is 1.78. The van der Waals surface area contributed by atoms with Crippen molar-refractivity contribution in [2.24, 2.45) is 0 Å². The first-order valence-corrected chi connectivity index (χ1v) is 5.36. The highest BCUT2D eigenvalue weighted by Gasteiger charge is 2.05. The van der Waals surface area contributed by atoms with Crippen LogP contribution in [0.2, 0.25) is 0 Å². The van der Waals surface area contributed by atoms with E-state index in [1.54, 1.807) is 0 Å². The average molecular weight is 200 g/mol. The first-order valence-electron chi connectivity index (χ1n) is 5.36. The van der Waals surface area contributed by atoms with Crippen LogP contribution in [-0.2, 0) is 4.74 Å². The van der Waals surface area contributed by atoms with Crippen LogP contribution >= 0.6 is 0 Å². The van der Waals surface area contributed by atoms with E-state index in [2.05, 4.69) is 38.1 Å². The summed E-state index contributed by atoms with van der Waals surface area (Å²) < 4.78 is 5.94. The van der Waals surface area contributed by atoms with Crippen molar-refractivity contribution in [3.8, 4) is 0 Å². The summed E-state index contributed by atoms with van der Waals surface area (Å²) in [5, 5.41) is 0. The summed E-state index contributed by atoms with van der Waals surface area (Å²) in [7, 11) is 0. The molecule has 1 nitrogen and oxygen atoms in total. The quantitative estimate of drug-likeness (QED) is 0.679. The van der Waals surface area contributed by atoms with Gasteiger partial charge in [-0.2, -0.15) is 35.9 Å². The molecule has 0 aromatic heterocycles. The van der Waals surface area contributed by atoms with E-state index in [0.717, 1.165) is 0 Å². The summed E-state index contributed by atoms with van der Waals surface area (Å²) in [6.45, 7) is 4.18. The van der Waals surface area contributed by atoms with E-state index in [1.807, 2.05) is 24.3 Å². The minimum absolute atomic E-state index is 0.157. The van der Waals surface area contributed by atoms with Gasteiger partial charge in [0.05, 0.1) is 6.10 Å². The summed E-state index contributed by atoms with van der Waals surface area (Å²) in [5.41, 5.74) is 2.49. The maximum absolute atomic E-state index is 5.94. The molecule has 80 valence electrons. The lowest BCUT2D eigenvalue weighted by Crippen LogP contribution is -2.03. The van der Waals surface area contributed by atoms with Crippen LogP contribution in [0.1, 0.15) is 37.2 Å². The minimum Gasteiger partial charge on any atom is -0.382 e. The monoisotopic (exact) mass is 200 g/mol. The molecule has 0 aliphatic rings. The van der Waals surface area contributed by atoms with Crippen LogP contribution in [0.3, 0.4) is 0 Å². The van der Waals surface area contributed by atoms with Crippen molar-refractivity contribution in [2.45, 2.75) is 26.1 Å². The number of ether oxygens (including phenoxy) is 1. The van der Waals surface area contributed by atoms with Crippen LogP contribution in [-0.4, -0.2) is 0 Å². The molecule has 0 radical (unpaired) electrons. The molecule has 0 spiro atoms. The first kappa shape index (κ1) is 10.2. The molecule has 0 N–H and O–H groups in total. The van der Waals surface area contributed by atoms with Gasteiger partial charge in [0.1, 0.15) is 0 Å². The topological polar surface area (TPSA) is 9.23 Å². The Morgan fingerprint density at radius 1 is 1.13 bits per heavy atom. The van der Waals surface area contributed by atoms with Gasteiger partial charge >= 0.3 is 0 Å². The number of rotatable bonds is 4. The normalized spacial score (nSPS) is 15.1. The van der Waals surface area contributed by atoms with Crippen molar-refractivity contribution in [2.75, 3.05) is 0 Å². The maximum atomic E-state index is 5.94. The van der Waals surface area contributed by atoms with Crippen molar-refractivity contribution in [1.29, 1.82) is 0 Å². The molecule has 15 heavy (non-hydrogen) atoms. The highest BCUT2D eigenvalue weighted by atomic mass is 16.5. The Balaban J connectivity index is 1.98. The van der Waals surface area contributed by atoms with Gasteiger partial charge < -0.3 is 4.74 Å². The van der Waals surface area contributed by atoms with Crippen LogP contribution in [0.15, 0.2) is 48.5 Å². The second-order valence-electron chi connectivity index (χ2n) is 3.86. The Bertz CT molecular complexity index is 331. The Labute approximate surface area is 91.0 Å². The molecule has 0 heterocycles. The van der Waals surface area contributed by atoms with Crippen molar-refractivity contribution in [1.82, 2.24) is 0 Å². The standard InChI is InChI=1S/C14H16O/c1-11(13-7-3-4-8-13)15-12(2)14-9-5-6-10-14/h3-12H,1-2H3/q-2. The van der Waals surface area contributed by atoms with Crippen molar-refractivity contribution >= 4 is 0 Å². The summed E-state index contributed by atoms with van der Waals surface area (Å²) >= 11 is 0. The second-order valence-corrected chi connectivity index (χ2v) is 3.86. The predicted octanol–water partition coefficient (Wildman–Crippen LogP) is 3.96. The summed E-state index contributed by atoms with van der Waals surface area (Å²) in [5.74, 6) is 0. The zero-order valence-electron chi connectivity index (χ0n) is 9.18. The zero-order valence-corrected chi connectivity index (χ0v) is 9.18. The fraction of sp³-hybridized carbons (Fsp3) is 0.286. The van der Waals surface area contributed by atoms with Crippen LogP contribution in [0, 0.1) is 0 Å². The molecule has 2 aromatic rings. The third kappa shape index (κ3) is 2.37. The van der Waals surface area contributed by atoms with Crippen LogP contribution < -0.4 is 0 Å². The lowest BCUT2D eigenvalue weighted by atomic mass is 10.2. The maximum Gasteiger partial charge on any atom is 0.0562 e. The molecule has 0 saturated heterocycles. The molecule has 1 heteroatoms. The van der Waals surface area contributed by atoms with E-state index in [4.69, 9.17) is 4.74 Å². The molecule has 0 saturated carbocycles. The van der Waals surface area contributed by atoms with Gasteiger partial charge in [-0.1, -0.05) is 0 Å². The van der Waals surface area contributed by atoms with Gasteiger partial charge in [0.25, 0.3) is 0 Å². The molecule has 0 amide bonds. The lowest BCUT2D eigenvalue weighted by Gasteiger charge is -2.24. The number of hydrogen-bond donors (Lipinski definition) is 0. The van der Waals surface area contributed by atoms with Gasteiger partial charge in [-0.15, -0.1) is 5.56 Å². The molecule has 2 rings (SSSR count). The van der Waals surface area contributed by atoms with E-state index < -0.39 is 0 Å². The molecular formula is C14H16O-2. The number of hydrogen-bond acceptors (Lipinski definition) is 1. The third-order valence-electron chi connectivity index (χ3n) is 2.72. The largest absolute Gasteiger partial charge is 0.382 e. The van der Waals surface area contributed by atoms with E-state index in [0.29, 0.717) is 0 Å². The average Bonchev–Trinajstić information content (AvgIpc) is 2.91. The van der Waals surface area contributed by atoms with Gasteiger partial charge in [-0.25, -0.2) is 18.2 Å². The highest BCUT2D eigenvalue weighted by molar-refractivity contribution is 5.20. The van der Waals surface area contributed by atoms with E-state index in [9.17, 15) is 0 Å². The zero-order chi connectivity index (χ0) is 10.7. The molecule has 0 fully saturated rings. The van der Waals surface area contributed by atoms with Gasteiger partial charge in [0, 0.05) is 6.10 Å². The van der Waals surface area contributed by atoms with Crippen LogP contribution in [0.4, 0.5) is 0 Å². The van der Waals surface area contributed by atoms with Crippen molar-refractivity contribution < 1.29 is 4.74 Å². The Morgan fingerprint density at radius 3 is 2.60 bits per heavy atom. The Kier molecular flexibility index (Phi) is 3.02. The first-order chi connectivity index (χ1) is 7.27. The van der Waals surface area contributed by atoms with Gasteiger partial charge in [0.15, 0.2) is 0 Å². The van der Waals surface area contributed by atoms with Gasteiger partial charge in [0.2, 0.25) is 0 Å². The Hall–Kier alpha value is -1.34. The molecule has 2 atom stereocenters. The predicted molar refractivity (Wildman–Crippen MR) is 62.0 cm³/mol. The SMILES string of the molecule is CC(OC(C)c1ccc[cH-]1)c1cc[cH-]c1. The molecule has 2 aromatic carbocycles. The van der Waals surface area contributed by atoms with Crippen molar-refractivity contribution in [3.05, 3.63) is 59.7 Å². The van der Waals surface area contributed by atoms with Gasteiger partial charge in [-0.3, -0.25) is 0 Å². The molecular weight excluding hydrogens is 184 g/mol. The van der Waals surface area contributed by atoms with Gasteiger partial charge in [-0.05, 0) is 13.8 Å². The van der Waals surface area contributed by atoms with E-state index >= 15 is 0 Å². The summed E-state index contributed by atoms with van der Waals surface area (Å²) in [6.07, 6.45) is 0.315. The van der Waals surface area contributed by atoms with Crippen LogP contribution in [0.5, 0.6) is 0 Å². The van der Waals surface area contributed by atoms with E-state index in [-0.39, 0.29) is 12.2 Å². The highest BCUT2D eigenvalue weighted by Crippen LogP contribution is 2.26. The molecule has 0 aliphatic carbocycles.